The van der Waals surface area contributed by atoms with Crippen molar-refractivity contribution in [1.29, 1.82) is 0 Å². The summed E-state index contributed by atoms with van der Waals surface area (Å²) in [5.74, 6) is 0. The van der Waals surface area contributed by atoms with Gasteiger partial charge >= 0.3 is 0 Å². The topological polar surface area (TPSA) is 17.1 Å². The van der Waals surface area contributed by atoms with Crippen molar-refractivity contribution in [1.82, 2.24) is 0 Å². The maximum atomic E-state index is 10.1. The summed E-state index contributed by atoms with van der Waals surface area (Å²) in [7, 11) is 0. The lowest BCUT2D eigenvalue weighted by Gasteiger charge is -2.01. The fourth-order valence-electron chi connectivity index (χ4n) is 1.55. The summed E-state index contributed by atoms with van der Waals surface area (Å²) in [5.41, 5.74) is 3.37. The van der Waals surface area contributed by atoms with E-state index in [2.05, 4.69) is 12.1 Å². The average Bonchev–Trinajstić information content (AvgIpc) is 2.38. The van der Waals surface area contributed by atoms with Crippen LogP contribution in [0.4, 0.5) is 0 Å². The quantitative estimate of drug-likeness (QED) is 0.704. The third kappa shape index (κ3) is 2.45. The smallest absolute Gasteiger partial charge is 0.225 e. The molecule has 0 fully saturated rings. The van der Waals surface area contributed by atoms with Gasteiger partial charge < -0.3 is 0 Å². The Labute approximate surface area is 95.1 Å². The lowest BCUT2D eigenvalue weighted by molar-refractivity contribution is 0.564. The number of carbonyl (C=O) groups excluding carboxylic acids is 1. The molecule has 77 valence electrons. The molecular formula is C15H11O. The van der Waals surface area contributed by atoms with Crippen molar-refractivity contribution in [2.45, 2.75) is 0 Å². The fourth-order valence-corrected chi connectivity index (χ4v) is 1.55. The third-order valence-corrected chi connectivity index (χ3v) is 2.36. The molecule has 1 nitrogen and oxygen atoms in total. The monoisotopic (exact) mass is 207 g/mol. The molecule has 0 N–H and O–H groups in total. The molecule has 2 aromatic rings. The second-order valence-corrected chi connectivity index (χ2v) is 3.44. The average molecular weight is 207 g/mol. The van der Waals surface area contributed by atoms with Crippen LogP contribution in [-0.4, -0.2) is 6.29 Å². The van der Waals surface area contributed by atoms with Crippen LogP contribution in [0.5, 0.6) is 0 Å². The molecular weight excluding hydrogens is 196 g/mol. The molecule has 0 amide bonds. The molecule has 0 bridgehead atoms. The van der Waals surface area contributed by atoms with Gasteiger partial charge in [0.2, 0.25) is 6.29 Å². The molecule has 0 unspecified atom stereocenters. The normalized spacial score (nSPS) is 10.5. The van der Waals surface area contributed by atoms with E-state index in [-0.39, 0.29) is 0 Å². The predicted octanol–water partition coefficient (Wildman–Crippen LogP) is 3.48. The molecule has 2 aromatic carbocycles. The van der Waals surface area contributed by atoms with Crippen LogP contribution in [0.25, 0.3) is 17.2 Å². The van der Waals surface area contributed by atoms with Crippen molar-refractivity contribution in [3.63, 3.8) is 0 Å². The molecule has 0 aromatic heterocycles. The number of rotatable bonds is 3. The zero-order chi connectivity index (χ0) is 11.2. The van der Waals surface area contributed by atoms with Crippen molar-refractivity contribution in [3.05, 3.63) is 66.2 Å². The minimum absolute atomic E-state index is 1.00. The summed E-state index contributed by atoms with van der Waals surface area (Å²) >= 11 is 0. The first-order valence-electron chi connectivity index (χ1n) is 5.10. The van der Waals surface area contributed by atoms with E-state index in [1.165, 1.54) is 17.2 Å². The molecule has 16 heavy (non-hydrogen) atoms. The highest BCUT2D eigenvalue weighted by Gasteiger charge is 1.95. The first kappa shape index (κ1) is 10.4. The van der Waals surface area contributed by atoms with Gasteiger partial charge in [0.05, 0.1) is 0 Å². The van der Waals surface area contributed by atoms with Gasteiger partial charge in [0, 0.05) is 0 Å². The van der Waals surface area contributed by atoms with Crippen molar-refractivity contribution in [3.8, 4) is 11.1 Å². The van der Waals surface area contributed by atoms with Gasteiger partial charge in [-0.15, -0.1) is 0 Å². The Balaban J connectivity index is 2.26. The molecule has 0 spiro atoms. The zero-order valence-corrected chi connectivity index (χ0v) is 8.76. The van der Waals surface area contributed by atoms with E-state index in [9.17, 15) is 4.79 Å². The lowest BCUT2D eigenvalue weighted by atomic mass is 10.0. The van der Waals surface area contributed by atoms with E-state index in [0.717, 1.165) is 5.56 Å². The van der Waals surface area contributed by atoms with Gasteiger partial charge in [-0.05, 0) is 22.8 Å². The number of allylic oxidation sites excluding steroid dienone is 1. The van der Waals surface area contributed by atoms with Crippen LogP contribution in [-0.2, 0) is 4.79 Å². The number of hydrogen-bond acceptors (Lipinski definition) is 1. The van der Waals surface area contributed by atoms with Gasteiger partial charge in [0.1, 0.15) is 0 Å². The van der Waals surface area contributed by atoms with Gasteiger partial charge in [-0.3, -0.25) is 4.79 Å². The van der Waals surface area contributed by atoms with E-state index < -0.39 is 0 Å². The van der Waals surface area contributed by atoms with Crippen LogP contribution < -0.4 is 0 Å². The van der Waals surface area contributed by atoms with E-state index in [1.807, 2.05) is 42.5 Å². The van der Waals surface area contributed by atoms with Crippen molar-refractivity contribution in [2.75, 3.05) is 0 Å². The SMILES string of the molecule is O=[C]C=Cc1ccc(-c2ccccc2)cc1. The lowest BCUT2D eigenvalue weighted by Crippen LogP contribution is -1.77. The van der Waals surface area contributed by atoms with E-state index in [1.54, 1.807) is 12.4 Å². The van der Waals surface area contributed by atoms with Crippen molar-refractivity contribution in [2.24, 2.45) is 0 Å². The van der Waals surface area contributed by atoms with Crippen molar-refractivity contribution >= 4 is 12.4 Å². The summed E-state index contributed by atoms with van der Waals surface area (Å²) in [4.78, 5) is 10.1. The molecule has 0 aliphatic heterocycles. The number of benzene rings is 2. The second-order valence-electron chi connectivity index (χ2n) is 3.44. The van der Waals surface area contributed by atoms with E-state index >= 15 is 0 Å². The molecule has 0 heterocycles. The minimum atomic E-state index is 1.00. The summed E-state index contributed by atoms with van der Waals surface area (Å²) in [6.07, 6.45) is 4.84. The minimum Gasteiger partial charge on any atom is -0.286 e. The Bertz CT molecular complexity index is 481. The summed E-state index contributed by atoms with van der Waals surface area (Å²) in [5, 5.41) is 0. The summed E-state index contributed by atoms with van der Waals surface area (Å²) < 4.78 is 0. The maximum absolute atomic E-state index is 10.1. The molecule has 0 saturated carbocycles. The Morgan fingerprint density at radius 2 is 1.44 bits per heavy atom. The van der Waals surface area contributed by atoms with E-state index in [0.29, 0.717) is 0 Å². The Kier molecular flexibility index (Phi) is 3.29. The highest BCUT2D eigenvalue weighted by atomic mass is 16.1. The largest absolute Gasteiger partial charge is 0.286 e. The standard InChI is InChI=1S/C15H11O/c16-12-4-5-13-8-10-15(11-9-13)14-6-2-1-3-7-14/h1-11H. The van der Waals surface area contributed by atoms with Gasteiger partial charge in [-0.1, -0.05) is 60.7 Å². The fraction of sp³-hybridized carbons (Fsp3) is 0. The molecule has 0 aliphatic rings. The molecule has 0 atom stereocenters. The first-order chi connectivity index (χ1) is 7.90. The Morgan fingerprint density at radius 1 is 0.812 bits per heavy atom. The zero-order valence-electron chi connectivity index (χ0n) is 8.76. The van der Waals surface area contributed by atoms with Crippen LogP contribution in [0.1, 0.15) is 5.56 Å². The Morgan fingerprint density at radius 3 is 2.06 bits per heavy atom. The van der Waals surface area contributed by atoms with Gasteiger partial charge in [0.15, 0.2) is 0 Å². The summed E-state index contributed by atoms with van der Waals surface area (Å²) in [6.45, 7) is 0. The van der Waals surface area contributed by atoms with Gasteiger partial charge in [-0.25, -0.2) is 0 Å². The highest BCUT2D eigenvalue weighted by molar-refractivity contribution is 5.75. The van der Waals surface area contributed by atoms with E-state index in [4.69, 9.17) is 0 Å². The maximum Gasteiger partial charge on any atom is 0.225 e. The third-order valence-electron chi connectivity index (χ3n) is 2.36. The van der Waals surface area contributed by atoms with Crippen LogP contribution >= 0.6 is 0 Å². The van der Waals surface area contributed by atoms with Gasteiger partial charge in [-0.2, -0.15) is 0 Å². The molecule has 0 saturated heterocycles. The molecule has 0 aliphatic carbocycles. The number of hydrogen-bond donors (Lipinski definition) is 0. The van der Waals surface area contributed by atoms with Crippen LogP contribution in [0.2, 0.25) is 0 Å². The molecule has 2 rings (SSSR count). The second kappa shape index (κ2) is 5.08. The molecule has 1 heteroatoms. The van der Waals surface area contributed by atoms with Crippen LogP contribution in [0, 0.1) is 0 Å². The summed E-state index contributed by atoms with van der Waals surface area (Å²) in [6, 6.07) is 18.2. The predicted molar refractivity (Wildman–Crippen MR) is 66.6 cm³/mol. The highest BCUT2D eigenvalue weighted by Crippen LogP contribution is 2.19. The Hall–Kier alpha value is -2.15. The van der Waals surface area contributed by atoms with Crippen molar-refractivity contribution < 1.29 is 4.79 Å². The van der Waals surface area contributed by atoms with Crippen LogP contribution in [0.3, 0.4) is 0 Å². The van der Waals surface area contributed by atoms with Crippen LogP contribution in [0.15, 0.2) is 60.7 Å². The first-order valence-corrected chi connectivity index (χ1v) is 5.10. The molecule has 1 radical (unpaired) electrons. The van der Waals surface area contributed by atoms with Gasteiger partial charge in [0.25, 0.3) is 0 Å².